The molecule has 2 aliphatic heterocycles. The summed E-state index contributed by atoms with van der Waals surface area (Å²) in [6, 6.07) is 5.29. The van der Waals surface area contributed by atoms with Crippen LogP contribution in [-0.4, -0.2) is 46.5 Å². The summed E-state index contributed by atoms with van der Waals surface area (Å²) in [5.41, 5.74) is 1.62. The van der Waals surface area contributed by atoms with E-state index in [2.05, 4.69) is 21.7 Å². The number of aromatic nitrogens is 2. The Morgan fingerprint density at radius 2 is 1.84 bits per heavy atom. The number of carbonyl (C=O) groups is 1. The van der Waals surface area contributed by atoms with Crippen LogP contribution in [0.5, 0.6) is 0 Å². The van der Waals surface area contributed by atoms with Crippen molar-refractivity contribution in [1.29, 1.82) is 0 Å². The van der Waals surface area contributed by atoms with E-state index in [9.17, 15) is 4.79 Å². The van der Waals surface area contributed by atoms with E-state index in [1.165, 1.54) is 25.7 Å². The number of carbonyl (C=O) groups excluding carboxylic acids is 1. The summed E-state index contributed by atoms with van der Waals surface area (Å²) in [4.78, 5) is 19.8. The molecule has 0 radical (unpaired) electrons. The molecule has 25 heavy (non-hydrogen) atoms. The monoisotopic (exact) mass is 339 g/mol. The minimum atomic E-state index is 0.0336. The Balaban J connectivity index is 1.40. The molecule has 132 valence electrons. The van der Waals surface area contributed by atoms with Crippen molar-refractivity contribution in [3.05, 3.63) is 30.1 Å². The minimum absolute atomic E-state index is 0.0336. The van der Waals surface area contributed by atoms with E-state index in [4.69, 9.17) is 4.98 Å². The molecule has 1 aliphatic carbocycles. The molecule has 3 aliphatic rings. The number of anilines is 1. The molecule has 0 aromatic carbocycles. The Morgan fingerprint density at radius 3 is 2.60 bits per heavy atom. The molecule has 2 saturated heterocycles. The molecule has 3 fully saturated rings. The van der Waals surface area contributed by atoms with Crippen LogP contribution in [-0.2, 0) is 0 Å². The summed E-state index contributed by atoms with van der Waals surface area (Å²) in [7, 11) is 0. The maximum atomic E-state index is 12.5. The van der Waals surface area contributed by atoms with Gasteiger partial charge in [0.05, 0.1) is 11.8 Å². The molecule has 6 heteroatoms. The summed E-state index contributed by atoms with van der Waals surface area (Å²) < 4.78 is 2.00. The van der Waals surface area contributed by atoms with Gasteiger partial charge in [-0.15, -0.1) is 0 Å². The van der Waals surface area contributed by atoms with Crippen LogP contribution in [0.3, 0.4) is 0 Å². The van der Waals surface area contributed by atoms with Crippen molar-refractivity contribution < 1.29 is 4.79 Å². The van der Waals surface area contributed by atoms with Crippen LogP contribution >= 0.6 is 0 Å². The van der Waals surface area contributed by atoms with Gasteiger partial charge in [0.1, 0.15) is 11.5 Å². The number of nitrogens with zero attached hydrogens (tertiary/aromatic N) is 3. The SMILES string of the molecule is O=C(NC1CCCC1)c1ccc2nc(N3C4CCC3CNC4)cn2c1. The molecule has 2 N–H and O–H groups in total. The van der Waals surface area contributed by atoms with Crippen LogP contribution in [0.25, 0.3) is 5.65 Å². The number of piperazine rings is 1. The van der Waals surface area contributed by atoms with E-state index >= 15 is 0 Å². The summed E-state index contributed by atoms with van der Waals surface area (Å²) in [6.45, 7) is 2.08. The summed E-state index contributed by atoms with van der Waals surface area (Å²) in [5, 5.41) is 6.67. The fourth-order valence-corrected chi connectivity index (χ4v) is 4.73. The lowest BCUT2D eigenvalue weighted by Crippen LogP contribution is -2.52. The van der Waals surface area contributed by atoms with E-state index in [1.807, 2.05) is 22.7 Å². The first kappa shape index (κ1) is 15.2. The van der Waals surface area contributed by atoms with Gasteiger partial charge in [-0.1, -0.05) is 12.8 Å². The second-order valence-corrected chi connectivity index (χ2v) is 7.69. The van der Waals surface area contributed by atoms with Crippen molar-refractivity contribution in [2.45, 2.75) is 56.7 Å². The van der Waals surface area contributed by atoms with Gasteiger partial charge < -0.3 is 19.9 Å². The Labute approximate surface area is 147 Å². The van der Waals surface area contributed by atoms with Gasteiger partial charge in [-0.3, -0.25) is 4.79 Å². The molecule has 2 bridgehead atoms. The second-order valence-electron chi connectivity index (χ2n) is 7.69. The number of fused-ring (bicyclic) bond motifs is 3. The lowest BCUT2D eigenvalue weighted by Gasteiger charge is -2.35. The Bertz CT molecular complexity index is 778. The molecule has 1 saturated carbocycles. The largest absolute Gasteiger partial charge is 0.349 e. The highest BCUT2D eigenvalue weighted by Gasteiger charge is 2.37. The van der Waals surface area contributed by atoms with Crippen molar-refractivity contribution in [2.24, 2.45) is 0 Å². The number of amides is 1. The molecule has 4 heterocycles. The highest BCUT2D eigenvalue weighted by molar-refractivity contribution is 5.94. The van der Waals surface area contributed by atoms with Gasteiger partial charge in [0, 0.05) is 37.4 Å². The number of hydrogen-bond donors (Lipinski definition) is 2. The third kappa shape index (κ3) is 2.68. The van der Waals surface area contributed by atoms with E-state index in [0.717, 1.165) is 37.4 Å². The molecule has 2 unspecified atom stereocenters. The Morgan fingerprint density at radius 1 is 1.08 bits per heavy atom. The first-order valence-corrected chi connectivity index (χ1v) is 9.56. The number of rotatable bonds is 3. The lowest BCUT2D eigenvalue weighted by molar-refractivity contribution is 0.0937. The van der Waals surface area contributed by atoms with Crippen molar-refractivity contribution in [3.8, 4) is 0 Å². The zero-order valence-corrected chi connectivity index (χ0v) is 14.4. The molecule has 5 rings (SSSR count). The first-order chi connectivity index (χ1) is 12.3. The minimum Gasteiger partial charge on any atom is -0.349 e. The summed E-state index contributed by atoms with van der Waals surface area (Å²) in [6.07, 6.45) is 11.1. The quantitative estimate of drug-likeness (QED) is 0.897. The van der Waals surface area contributed by atoms with Crippen molar-refractivity contribution in [3.63, 3.8) is 0 Å². The van der Waals surface area contributed by atoms with Gasteiger partial charge in [-0.25, -0.2) is 4.98 Å². The van der Waals surface area contributed by atoms with Crippen LogP contribution in [0.1, 0.15) is 48.9 Å². The average Bonchev–Trinajstić information content (AvgIpc) is 3.32. The number of imidazole rings is 1. The van der Waals surface area contributed by atoms with E-state index in [1.54, 1.807) is 0 Å². The third-order valence-electron chi connectivity index (χ3n) is 6.04. The highest BCUT2D eigenvalue weighted by Crippen LogP contribution is 2.31. The fourth-order valence-electron chi connectivity index (χ4n) is 4.73. The topological polar surface area (TPSA) is 61.7 Å². The third-order valence-corrected chi connectivity index (χ3v) is 6.04. The predicted molar refractivity (Wildman–Crippen MR) is 97.1 cm³/mol. The maximum absolute atomic E-state index is 12.5. The molecule has 2 aromatic rings. The first-order valence-electron chi connectivity index (χ1n) is 9.56. The van der Waals surface area contributed by atoms with E-state index < -0.39 is 0 Å². The van der Waals surface area contributed by atoms with Crippen LogP contribution in [0, 0.1) is 0 Å². The standard InChI is InChI=1S/C19H25N5O/c25-19(21-14-3-1-2-4-14)13-5-8-17-22-18(12-23(17)11-13)24-15-6-7-16(24)10-20-9-15/h5,8,11-12,14-16,20H,1-4,6-7,9-10H2,(H,21,25). The predicted octanol–water partition coefficient (Wildman–Crippen LogP) is 1.95. The molecule has 1 amide bonds. The zero-order valence-electron chi connectivity index (χ0n) is 14.4. The van der Waals surface area contributed by atoms with Gasteiger partial charge in [0.2, 0.25) is 0 Å². The van der Waals surface area contributed by atoms with Gasteiger partial charge in [-0.05, 0) is 37.8 Å². The van der Waals surface area contributed by atoms with Crippen LogP contribution in [0.4, 0.5) is 5.82 Å². The maximum Gasteiger partial charge on any atom is 0.252 e. The number of hydrogen-bond acceptors (Lipinski definition) is 4. The van der Waals surface area contributed by atoms with Crippen LogP contribution in [0.15, 0.2) is 24.5 Å². The second kappa shape index (κ2) is 6.02. The smallest absolute Gasteiger partial charge is 0.252 e. The van der Waals surface area contributed by atoms with Crippen molar-refractivity contribution in [2.75, 3.05) is 18.0 Å². The highest BCUT2D eigenvalue weighted by atomic mass is 16.1. The zero-order chi connectivity index (χ0) is 16.8. The van der Waals surface area contributed by atoms with E-state index in [0.29, 0.717) is 23.7 Å². The van der Waals surface area contributed by atoms with Gasteiger partial charge in [0.25, 0.3) is 5.91 Å². The van der Waals surface area contributed by atoms with Gasteiger partial charge >= 0.3 is 0 Å². The van der Waals surface area contributed by atoms with Crippen molar-refractivity contribution in [1.82, 2.24) is 20.0 Å². The Kier molecular flexibility index (Phi) is 3.66. The molecule has 0 spiro atoms. The molecular formula is C19H25N5O. The summed E-state index contributed by atoms with van der Waals surface area (Å²) in [5.74, 6) is 1.08. The Hall–Kier alpha value is -2.08. The number of pyridine rings is 1. The molecule has 2 aromatic heterocycles. The normalized spacial score (nSPS) is 26.5. The van der Waals surface area contributed by atoms with Gasteiger partial charge in [-0.2, -0.15) is 0 Å². The number of nitrogens with one attached hydrogen (secondary N) is 2. The summed E-state index contributed by atoms with van der Waals surface area (Å²) >= 11 is 0. The van der Waals surface area contributed by atoms with Crippen LogP contribution in [0.2, 0.25) is 0 Å². The molecule has 6 nitrogen and oxygen atoms in total. The molecular weight excluding hydrogens is 314 g/mol. The molecule has 2 atom stereocenters. The fraction of sp³-hybridized carbons (Fsp3) is 0.579. The van der Waals surface area contributed by atoms with Crippen molar-refractivity contribution >= 4 is 17.4 Å². The van der Waals surface area contributed by atoms with Crippen LogP contribution < -0.4 is 15.5 Å². The average molecular weight is 339 g/mol. The van der Waals surface area contributed by atoms with E-state index in [-0.39, 0.29) is 5.91 Å². The van der Waals surface area contributed by atoms with Gasteiger partial charge in [0.15, 0.2) is 0 Å². The lowest BCUT2D eigenvalue weighted by atomic mass is 10.2.